The number of aryl methyl sites for hydroxylation is 1. The van der Waals surface area contributed by atoms with Crippen LogP contribution >= 0.6 is 11.3 Å². The van der Waals surface area contributed by atoms with E-state index in [0.717, 1.165) is 18.5 Å². The summed E-state index contributed by atoms with van der Waals surface area (Å²) in [5, 5.41) is 2.13. The average molecular weight is 285 g/mol. The van der Waals surface area contributed by atoms with Gasteiger partial charge in [0.05, 0.1) is 12.5 Å². The number of carbonyl (C=O) groups is 1. The second-order valence-electron chi connectivity index (χ2n) is 5.47. The zero-order valence-corrected chi connectivity index (χ0v) is 12.7. The van der Waals surface area contributed by atoms with E-state index in [1.807, 2.05) is 16.2 Å². The number of hydrogen-bond donors (Lipinski definition) is 0. The van der Waals surface area contributed by atoms with E-state index in [4.69, 9.17) is 0 Å². The smallest absolute Gasteiger partial charge is 0.227 e. The van der Waals surface area contributed by atoms with Gasteiger partial charge in [0.2, 0.25) is 5.91 Å². The highest BCUT2D eigenvalue weighted by molar-refractivity contribution is 7.10. The van der Waals surface area contributed by atoms with E-state index in [1.54, 1.807) is 0 Å². The molecular formula is C17H19NOS. The van der Waals surface area contributed by atoms with Gasteiger partial charge in [-0.2, -0.15) is 0 Å². The van der Waals surface area contributed by atoms with Crippen molar-refractivity contribution in [2.45, 2.75) is 32.7 Å². The van der Waals surface area contributed by atoms with Crippen LogP contribution in [0.5, 0.6) is 0 Å². The molecule has 3 rings (SSSR count). The molecule has 20 heavy (non-hydrogen) atoms. The van der Waals surface area contributed by atoms with Gasteiger partial charge in [0.15, 0.2) is 0 Å². The fourth-order valence-corrected chi connectivity index (χ4v) is 3.80. The van der Waals surface area contributed by atoms with Gasteiger partial charge in [-0.1, -0.05) is 29.8 Å². The molecule has 0 aliphatic carbocycles. The van der Waals surface area contributed by atoms with Crippen molar-refractivity contribution in [1.29, 1.82) is 0 Å². The Bertz CT molecular complexity index is 614. The van der Waals surface area contributed by atoms with E-state index < -0.39 is 0 Å². The van der Waals surface area contributed by atoms with Crippen LogP contribution in [0.15, 0.2) is 35.7 Å². The van der Waals surface area contributed by atoms with Crippen LogP contribution in [-0.4, -0.2) is 17.4 Å². The van der Waals surface area contributed by atoms with Gasteiger partial charge in [0.25, 0.3) is 0 Å². The van der Waals surface area contributed by atoms with Gasteiger partial charge >= 0.3 is 0 Å². The number of nitrogens with zero attached hydrogens (tertiary/aromatic N) is 1. The standard InChI is InChI=1S/C17H19NOS/c1-12-3-5-14(6-4-12)11-17(19)18-9-7-16-15(13(18)2)8-10-20-16/h3-6,8,10,13H,7,9,11H2,1-2H3. The SMILES string of the molecule is Cc1ccc(CC(=O)N2CCc3sccc3C2C)cc1. The van der Waals surface area contributed by atoms with Crippen molar-refractivity contribution >= 4 is 17.2 Å². The van der Waals surface area contributed by atoms with Crippen LogP contribution in [0.1, 0.15) is 34.5 Å². The second-order valence-corrected chi connectivity index (χ2v) is 6.48. The number of fused-ring (bicyclic) bond motifs is 1. The lowest BCUT2D eigenvalue weighted by Gasteiger charge is -2.33. The summed E-state index contributed by atoms with van der Waals surface area (Å²) in [4.78, 5) is 16.0. The molecule has 2 nitrogen and oxygen atoms in total. The van der Waals surface area contributed by atoms with Crippen LogP contribution in [-0.2, 0) is 17.6 Å². The minimum Gasteiger partial charge on any atom is -0.335 e. The van der Waals surface area contributed by atoms with Crippen molar-refractivity contribution in [2.24, 2.45) is 0 Å². The molecule has 2 aromatic rings. The van der Waals surface area contributed by atoms with Gasteiger partial charge in [-0.25, -0.2) is 0 Å². The normalized spacial score (nSPS) is 17.9. The molecule has 3 heteroatoms. The topological polar surface area (TPSA) is 20.3 Å². The lowest BCUT2D eigenvalue weighted by Crippen LogP contribution is -2.39. The van der Waals surface area contributed by atoms with Gasteiger partial charge in [-0.05, 0) is 42.8 Å². The molecule has 0 fully saturated rings. The Morgan fingerprint density at radius 2 is 2.05 bits per heavy atom. The molecule has 1 aromatic carbocycles. The van der Waals surface area contributed by atoms with Crippen molar-refractivity contribution < 1.29 is 4.79 Å². The molecule has 1 aromatic heterocycles. The summed E-state index contributed by atoms with van der Waals surface area (Å²) in [6.07, 6.45) is 1.50. The van der Waals surface area contributed by atoms with Crippen LogP contribution in [0.2, 0.25) is 0 Å². The van der Waals surface area contributed by atoms with Crippen LogP contribution in [0.25, 0.3) is 0 Å². The van der Waals surface area contributed by atoms with Gasteiger partial charge in [-0.15, -0.1) is 11.3 Å². The third kappa shape index (κ3) is 2.50. The highest BCUT2D eigenvalue weighted by atomic mass is 32.1. The van der Waals surface area contributed by atoms with Gasteiger partial charge < -0.3 is 4.90 Å². The summed E-state index contributed by atoms with van der Waals surface area (Å²) < 4.78 is 0. The first-order valence-electron chi connectivity index (χ1n) is 7.06. The van der Waals surface area contributed by atoms with Gasteiger partial charge in [0.1, 0.15) is 0 Å². The maximum absolute atomic E-state index is 12.5. The van der Waals surface area contributed by atoms with E-state index in [0.29, 0.717) is 6.42 Å². The summed E-state index contributed by atoms with van der Waals surface area (Å²) in [7, 11) is 0. The molecule has 0 radical (unpaired) electrons. The monoisotopic (exact) mass is 285 g/mol. The summed E-state index contributed by atoms with van der Waals surface area (Å²) >= 11 is 1.81. The van der Waals surface area contributed by atoms with E-state index in [2.05, 4.69) is 49.6 Å². The van der Waals surface area contributed by atoms with E-state index in [1.165, 1.54) is 16.0 Å². The Morgan fingerprint density at radius 1 is 1.30 bits per heavy atom. The molecule has 2 heterocycles. The minimum absolute atomic E-state index is 0.211. The van der Waals surface area contributed by atoms with Crippen LogP contribution in [0.4, 0.5) is 0 Å². The molecule has 1 amide bonds. The number of amides is 1. The molecule has 104 valence electrons. The molecule has 1 aliphatic heterocycles. The first kappa shape index (κ1) is 13.4. The van der Waals surface area contributed by atoms with Gasteiger partial charge in [0, 0.05) is 11.4 Å². The molecule has 0 spiro atoms. The molecule has 1 aliphatic rings. The molecular weight excluding hydrogens is 266 g/mol. The Morgan fingerprint density at radius 3 is 2.80 bits per heavy atom. The number of rotatable bonds is 2. The first-order chi connectivity index (χ1) is 9.65. The molecule has 0 bridgehead atoms. The second kappa shape index (κ2) is 5.41. The quantitative estimate of drug-likeness (QED) is 0.823. The zero-order valence-electron chi connectivity index (χ0n) is 11.9. The maximum atomic E-state index is 12.5. The summed E-state index contributed by atoms with van der Waals surface area (Å²) in [6.45, 7) is 5.05. The van der Waals surface area contributed by atoms with Gasteiger partial charge in [-0.3, -0.25) is 4.79 Å². The van der Waals surface area contributed by atoms with E-state index >= 15 is 0 Å². The Hall–Kier alpha value is -1.61. The Balaban J connectivity index is 1.73. The average Bonchev–Trinajstić information content (AvgIpc) is 2.91. The fraction of sp³-hybridized carbons (Fsp3) is 0.353. The summed E-state index contributed by atoms with van der Waals surface area (Å²) in [6, 6.07) is 10.6. The zero-order chi connectivity index (χ0) is 14.1. The van der Waals surface area contributed by atoms with E-state index in [-0.39, 0.29) is 11.9 Å². The predicted molar refractivity (Wildman–Crippen MR) is 83.0 cm³/mol. The molecule has 0 saturated carbocycles. The van der Waals surface area contributed by atoms with Crippen LogP contribution in [0.3, 0.4) is 0 Å². The number of benzene rings is 1. The number of hydrogen-bond acceptors (Lipinski definition) is 2. The highest BCUT2D eigenvalue weighted by Crippen LogP contribution is 2.33. The van der Waals surface area contributed by atoms with Crippen molar-refractivity contribution in [3.8, 4) is 0 Å². The third-order valence-corrected chi connectivity index (χ3v) is 5.07. The number of carbonyl (C=O) groups excluding carboxylic acids is 1. The fourth-order valence-electron chi connectivity index (χ4n) is 2.83. The van der Waals surface area contributed by atoms with Crippen LogP contribution < -0.4 is 0 Å². The molecule has 0 N–H and O–H groups in total. The number of thiophene rings is 1. The van der Waals surface area contributed by atoms with Crippen molar-refractivity contribution in [2.75, 3.05) is 6.54 Å². The van der Waals surface area contributed by atoms with E-state index in [9.17, 15) is 4.79 Å². The summed E-state index contributed by atoms with van der Waals surface area (Å²) in [5.41, 5.74) is 3.66. The molecule has 0 saturated heterocycles. The predicted octanol–water partition coefficient (Wildman–Crippen LogP) is 3.74. The third-order valence-electron chi connectivity index (χ3n) is 4.07. The van der Waals surface area contributed by atoms with Crippen molar-refractivity contribution in [3.05, 3.63) is 57.3 Å². The van der Waals surface area contributed by atoms with Crippen LogP contribution in [0, 0.1) is 6.92 Å². The molecule has 1 unspecified atom stereocenters. The molecule has 1 atom stereocenters. The highest BCUT2D eigenvalue weighted by Gasteiger charge is 2.27. The van der Waals surface area contributed by atoms with Crippen molar-refractivity contribution in [1.82, 2.24) is 4.90 Å². The summed E-state index contributed by atoms with van der Waals surface area (Å²) in [5.74, 6) is 0.234. The lowest BCUT2D eigenvalue weighted by molar-refractivity contribution is -0.133. The Labute approximate surface area is 124 Å². The maximum Gasteiger partial charge on any atom is 0.227 e. The van der Waals surface area contributed by atoms with Crippen molar-refractivity contribution in [3.63, 3.8) is 0 Å². The minimum atomic E-state index is 0.211. The largest absolute Gasteiger partial charge is 0.335 e. The lowest BCUT2D eigenvalue weighted by atomic mass is 10.00. The first-order valence-corrected chi connectivity index (χ1v) is 7.94. The Kier molecular flexibility index (Phi) is 3.62.